The number of rotatable bonds is 6. The van der Waals surface area contributed by atoms with Gasteiger partial charge in [-0.3, -0.25) is 14.5 Å². The Hall–Kier alpha value is -2.61. The van der Waals surface area contributed by atoms with Crippen molar-refractivity contribution in [3.05, 3.63) is 104 Å². The van der Waals surface area contributed by atoms with E-state index in [-0.39, 0.29) is 23.5 Å². The van der Waals surface area contributed by atoms with Crippen LogP contribution in [0.4, 0.5) is 9.18 Å². The minimum Gasteiger partial charge on any atom is -0.488 e. The number of ether oxygens (including phenoxy) is 1. The van der Waals surface area contributed by atoms with Crippen LogP contribution in [0.5, 0.6) is 5.75 Å². The van der Waals surface area contributed by atoms with Crippen molar-refractivity contribution in [2.75, 3.05) is 0 Å². The quantitative estimate of drug-likeness (QED) is 0.319. The summed E-state index contributed by atoms with van der Waals surface area (Å²) in [5.41, 5.74) is 2.42. The summed E-state index contributed by atoms with van der Waals surface area (Å²) in [7, 11) is 0. The molecule has 1 heterocycles. The topological polar surface area (TPSA) is 46.6 Å². The second kappa shape index (κ2) is 9.90. The van der Waals surface area contributed by atoms with Crippen LogP contribution in [-0.4, -0.2) is 16.0 Å². The number of amides is 2. The van der Waals surface area contributed by atoms with Gasteiger partial charge < -0.3 is 4.74 Å². The summed E-state index contributed by atoms with van der Waals surface area (Å²) >= 11 is 10.3. The summed E-state index contributed by atoms with van der Waals surface area (Å²) in [5, 5.41) is 0.314. The Kier molecular flexibility index (Phi) is 6.98. The first-order valence-corrected chi connectivity index (χ1v) is 11.5. The van der Waals surface area contributed by atoms with Crippen LogP contribution in [0.2, 0.25) is 5.02 Å². The third-order valence-corrected chi connectivity index (χ3v) is 6.47. The van der Waals surface area contributed by atoms with Crippen molar-refractivity contribution in [2.24, 2.45) is 0 Å². The first kappa shape index (κ1) is 22.6. The lowest BCUT2D eigenvalue weighted by molar-refractivity contribution is -0.123. The minimum atomic E-state index is -0.372. The third kappa shape index (κ3) is 5.41. The highest BCUT2D eigenvalue weighted by molar-refractivity contribution is 9.10. The maximum atomic E-state index is 13.1. The smallest absolute Gasteiger partial charge is 0.293 e. The number of hydrogen-bond donors (Lipinski definition) is 0. The van der Waals surface area contributed by atoms with Gasteiger partial charge in [-0.1, -0.05) is 41.9 Å². The number of benzene rings is 3. The van der Waals surface area contributed by atoms with Crippen molar-refractivity contribution in [2.45, 2.75) is 13.2 Å². The molecule has 0 saturated carbocycles. The zero-order valence-electron chi connectivity index (χ0n) is 16.6. The Morgan fingerprint density at radius 2 is 1.69 bits per heavy atom. The van der Waals surface area contributed by atoms with E-state index in [2.05, 4.69) is 15.9 Å². The molecule has 162 valence electrons. The lowest BCUT2D eigenvalue weighted by Gasteiger charge is -2.12. The number of nitrogens with zero attached hydrogens (tertiary/aromatic N) is 1. The molecule has 4 nitrogen and oxygen atoms in total. The molecule has 2 amide bonds. The van der Waals surface area contributed by atoms with E-state index < -0.39 is 0 Å². The Morgan fingerprint density at radius 3 is 2.38 bits per heavy atom. The molecule has 8 heteroatoms. The van der Waals surface area contributed by atoms with E-state index >= 15 is 0 Å². The lowest BCUT2D eigenvalue weighted by atomic mass is 10.2. The van der Waals surface area contributed by atoms with Crippen molar-refractivity contribution in [3.8, 4) is 5.75 Å². The molecule has 1 aliphatic rings. The van der Waals surface area contributed by atoms with Gasteiger partial charge in [0, 0.05) is 5.02 Å². The van der Waals surface area contributed by atoms with Gasteiger partial charge in [-0.2, -0.15) is 0 Å². The largest absolute Gasteiger partial charge is 0.488 e. The molecule has 0 atom stereocenters. The summed E-state index contributed by atoms with van der Waals surface area (Å²) in [6.07, 6.45) is 1.67. The molecule has 3 aromatic carbocycles. The van der Waals surface area contributed by atoms with Gasteiger partial charge in [0.15, 0.2) is 0 Å². The molecule has 4 rings (SSSR count). The van der Waals surface area contributed by atoms with Crippen LogP contribution in [-0.2, 0) is 17.9 Å². The van der Waals surface area contributed by atoms with E-state index in [4.69, 9.17) is 16.3 Å². The molecule has 1 fully saturated rings. The summed E-state index contributed by atoms with van der Waals surface area (Å²) in [4.78, 5) is 26.5. The van der Waals surface area contributed by atoms with Crippen LogP contribution in [0.3, 0.4) is 0 Å². The Labute approximate surface area is 202 Å². The molecule has 0 N–H and O–H groups in total. The van der Waals surface area contributed by atoms with E-state index in [1.165, 1.54) is 12.1 Å². The van der Waals surface area contributed by atoms with Crippen molar-refractivity contribution in [3.63, 3.8) is 0 Å². The zero-order chi connectivity index (χ0) is 22.7. The maximum absolute atomic E-state index is 13.1. The predicted octanol–water partition coefficient (Wildman–Crippen LogP) is 7.06. The molecule has 0 bridgehead atoms. The van der Waals surface area contributed by atoms with Crippen molar-refractivity contribution in [1.29, 1.82) is 0 Å². The van der Waals surface area contributed by atoms with Crippen LogP contribution in [0.15, 0.2) is 76.1 Å². The van der Waals surface area contributed by atoms with E-state index in [9.17, 15) is 14.0 Å². The molecular weight excluding hydrogens is 517 g/mol. The zero-order valence-corrected chi connectivity index (χ0v) is 19.7. The van der Waals surface area contributed by atoms with Gasteiger partial charge in [0.2, 0.25) is 0 Å². The fraction of sp³-hybridized carbons (Fsp3) is 0.0833. The summed E-state index contributed by atoms with van der Waals surface area (Å²) in [5.74, 6) is -0.0843. The molecule has 0 unspecified atom stereocenters. The van der Waals surface area contributed by atoms with E-state index in [1.807, 2.05) is 36.4 Å². The summed E-state index contributed by atoms with van der Waals surface area (Å²) in [6.45, 7) is 0.487. The summed E-state index contributed by atoms with van der Waals surface area (Å²) < 4.78 is 19.7. The van der Waals surface area contributed by atoms with Gasteiger partial charge >= 0.3 is 0 Å². The fourth-order valence-corrected chi connectivity index (χ4v) is 4.50. The van der Waals surface area contributed by atoms with Crippen molar-refractivity contribution in [1.82, 2.24) is 4.90 Å². The fourth-order valence-electron chi connectivity index (χ4n) is 3.03. The predicted molar refractivity (Wildman–Crippen MR) is 128 cm³/mol. The maximum Gasteiger partial charge on any atom is 0.293 e. The number of carbonyl (C=O) groups excluding carboxylic acids is 2. The molecular formula is C24H16BrClFNO3S. The molecule has 3 aromatic rings. The molecule has 0 aromatic heterocycles. The van der Waals surface area contributed by atoms with Crippen molar-refractivity contribution >= 4 is 56.5 Å². The number of imide groups is 1. The van der Waals surface area contributed by atoms with Gasteiger partial charge in [-0.25, -0.2) is 4.39 Å². The first-order chi connectivity index (χ1) is 15.4. The number of thioether (sulfide) groups is 1. The second-order valence-corrected chi connectivity index (χ2v) is 9.28. The number of hydrogen-bond acceptors (Lipinski definition) is 4. The average molecular weight is 533 g/mol. The SMILES string of the molecule is O=C1SC(=Cc2ccc(OCc3ccc(Cl)cc3)c(Br)c2)C(=O)N1Cc1ccc(F)cc1. The second-order valence-electron chi connectivity index (χ2n) is 7.00. The van der Waals surface area contributed by atoms with Crippen LogP contribution < -0.4 is 4.74 Å². The van der Waals surface area contributed by atoms with Gasteiger partial charge in [0.05, 0.1) is 15.9 Å². The highest BCUT2D eigenvalue weighted by Crippen LogP contribution is 2.35. The molecule has 1 aliphatic heterocycles. The Bertz CT molecular complexity index is 1200. The Balaban J connectivity index is 1.44. The highest BCUT2D eigenvalue weighted by atomic mass is 79.9. The molecule has 0 aliphatic carbocycles. The van der Waals surface area contributed by atoms with Crippen LogP contribution in [0, 0.1) is 5.82 Å². The molecule has 32 heavy (non-hydrogen) atoms. The number of halogens is 3. The Morgan fingerprint density at radius 1 is 1.00 bits per heavy atom. The minimum absolute atomic E-state index is 0.101. The third-order valence-electron chi connectivity index (χ3n) is 4.69. The first-order valence-electron chi connectivity index (χ1n) is 9.55. The monoisotopic (exact) mass is 531 g/mol. The molecule has 0 radical (unpaired) electrons. The summed E-state index contributed by atoms with van der Waals surface area (Å²) in [6, 6.07) is 18.6. The highest BCUT2D eigenvalue weighted by Gasteiger charge is 2.35. The van der Waals surface area contributed by atoms with Crippen LogP contribution >= 0.6 is 39.3 Å². The van der Waals surface area contributed by atoms with Crippen molar-refractivity contribution < 1.29 is 18.7 Å². The number of carbonyl (C=O) groups is 2. The van der Waals surface area contributed by atoms with Crippen LogP contribution in [0.25, 0.3) is 6.08 Å². The lowest BCUT2D eigenvalue weighted by Crippen LogP contribution is -2.27. The van der Waals surface area contributed by atoms with Gasteiger partial charge in [0.25, 0.3) is 11.1 Å². The van der Waals surface area contributed by atoms with Crippen LogP contribution in [0.1, 0.15) is 16.7 Å². The average Bonchev–Trinajstić information content (AvgIpc) is 3.03. The van der Waals surface area contributed by atoms with Gasteiger partial charge in [-0.05, 0) is 86.9 Å². The van der Waals surface area contributed by atoms with Gasteiger partial charge in [0.1, 0.15) is 18.2 Å². The van der Waals surface area contributed by atoms with Gasteiger partial charge in [-0.15, -0.1) is 0 Å². The normalized spacial score (nSPS) is 15.0. The molecule has 1 saturated heterocycles. The standard InChI is InChI=1S/C24H16BrClFNO3S/c25-20-11-17(5-10-21(20)31-14-16-1-6-18(26)7-2-16)12-22-23(29)28(24(30)32-22)13-15-3-8-19(27)9-4-15/h1-12H,13-14H2. The van der Waals surface area contributed by atoms with E-state index in [1.54, 1.807) is 24.3 Å². The van der Waals surface area contributed by atoms with E-state index in [0.717, 1.165) is 32.3 Å². The molecule has 0 spiro atoms. The van der Waals surface area contributed by atoms with E-state index in [0.29, 0.717) is 27.8 Å².